The minimum atomic E-state index is 0. The van der Waals surface area contributed by atoms with Crippen molar-refractivity contribution in [2.75, 3.05) is 31.2 Å². The summed E-state index contributed by atoms with van der Waals surface area (Å²) in [5.41, 5.74) is 3.47. The molecule has 3 N–H and O–H groups in total. The van der Waals surface area contributed by atoms with Crippen molar-refractivity contribution in [1.82, 2.24) is 10.6 Å². The van der Waals surface area contributed by atoms with Gasteiger partial charge in [0.15, 0.2) is 5.96 Å². The number of guanidine groups is 1. The van der Waals surface area contributed by atoms with Gasteiger partial charge < -0.3 is 16.0 Å². The van der Waals surface area contributed by atoms with Crippen molar-refractivity contribution in [2.45, 2.75) is 18.1 Å². The highest BCUT2D eigenvalue weighted by Crippen LogP contribution is 2.31. The van der Waals surface area contributed by atoms with Gasteiger partial charge in [0, 0.05) is 49.7 Å². The Kier molecular flexibility index (Phi) is 9.23. The normalized spacial score (nSPS) is 15.5. The number of rotatable bonds is 7. The monoisotopic (exact) mass is 560 g/mol. The average molecular weight is 561 g/mol. The number of fused-ring (bicyclic) bond motifs is 2. The molecule has 0 bridgehead atoms. The summed E-state index contributed by atoms with van der Waals surface area (Å²) in [6.07, 6.45) is 0.488. The molecule has 3 aromatic rings. The highest BCUT2D eigenvalue weighted by molar-refractivity contribution is 14.0. The van der Waals surface area contributed by atoms with Crippen molar-refractivity contribution in [1.29, 1.82) is 0 Å². The third kappa shape index (κ3) is 6.16. The Bertz CT molecular complexity index is 1080. The van der Waals surface area contributed by atoms with E-state index in [2.05, 4.69) is 69.5 Å². The first-order chi connectivity index (χ1) is 15.2. The molecule has 168 valence electrons. The third-order valence-electron chi connectivity index (χ3n) is 5.52. The van der Waals surface area contributed by atoms with Crippen LogP contribution < -0.4 is 16.0 Å². The van der Waals surface area contributed by atoms with Gasteiger partial charge in [0.1, 0.15) is 0 Å². The molecule has 1 amide bonds. The fourth-order valence-corrected chi connectivity index (χ4v) is 4.83. The van der Waals surface area contributed by atoms with Gasteiger partial charge in [-0.1, -0.05) is 60.7 Å². The van der Waals surface area contributed by atoms with Gasteiger partial charge in [0.05, 0.1) is 0 Å². The van der Waals surface area contributed by atoms with E-state index in [0.29, 0.717) is 13.0 Å². The van der Waals surface area contributed by atoms with E-state index in [1.807, 2.05) is 30.0 Å². The van der Waals surface area contributed by atoms with Crippen LogP contribution in [0.5, 0.6) is 0 Å². The molecule has 32 heavy (non-hydrogen) atoms. The Hall–Kier alpha value is -2.26. The van der Waals surface area contributed by atoms with Crippen LogP contribution in [0, 0.1) is 0 Å². The number of carbonyl (C=O) groups excluding carboxylic acids is 1. The number of para-hydroxylation sites is 1. The van der Waals surface area contributed by atoms with E-state index >= 15 is 0 Å². The molecular formula is C25H29IN4OS. The van der Waals surface area contributed by atoms with Crippen LogP contribution >= 0.6 is 35.7 Å². The Balaban J connectivity index is 0.00000289. The zero-order valence-electron chi connectivity index (χ0n) is 18.1. The number of halogens is 1. The van der Waals surface area contributed by atoms with Crippen LogP contribution in [0.3, 0.4) is 0 Å². The summed E-state index contributed by atoms with van der Waals surface area (Å²) in [4.78, 5) is 16.3. The van der Waals surface area contributed by atoms with E-state index in [9.17, 15) is 4.79 Å². The minimum Gasteiger partial charge on any atom is -0.356 e. The fourth-order valence-electron chi connectivity index (χ4n) is 3.97. The van der Waals surface area contributed by atoms with Crippen molar-refractivity contribution in [3.63, 3.8) is 0 Å². The molecule has 1 aliphatic rings. The largest absolute Gasteiger partial charge is 0.356 e. The van der Waals surface area contributed by atoms with Crippen LogP contribution in [-0.2, 0) is 10.5 Å². The van der Waals surface area contributed by atoms with Crippen LogP contribution in [0.25, 0.3) is 10.8 Å². The second-order valence-electron chi connectivity index (χ2n) is 7.61. The number of hydrogen-bond donors (Lipinski definition) is 3. The summed E-state index contributed by atoms with van der Waals surface area (Å²) in [6.45, 7) is 1.50. The number of amides is 1. The number of carbonyl (C=O) groups is 1. The number of anilines is 1. The molecule has 0 spiro atoms. The molecule has 0 saturated heterocycles. The molecule has 0 aromatic heterocycles. The summed E-state index contributed by atoms with van der Waals surface area (Å²) in [6, 6.07) is 23.0. The van der Waals surface area contributed by atoms with Gasteiger partial charge in [0.25, 0.3) is 0 Å². The summed E-state index contributed by atoms with van der Waals surface area (Å²) < 4.78 is 0. The SMILES string of the molecule is CN=C(NCCSCc1cccc2ccccc12)NCC1CC(=O)Nc2ccccc21.I. The Morgan fingerprint density at radius 1 is 1.06 bits per heavy atom. The van der Waals surface area contributed by atoms with Crippen LogP contribution in [-0.4, -0.2) is 37.8 Å². The lowest BCUT2D eigenvalue weighted by Gasteiger charge is -2.26. The predicted octanol–water partition coefficient (Wildman–Crippen LogP) is 4.98. The molecule has 0 aliphatic carbocycles. The van der Waals surface area contributed by atoms with E-state index in [1.165, 1.54) is 21.9 Å². The standard InChI is InChI=1S/C25H28N4OS.HI/c1-26-25(28-16-20-15-24(30)29-23-12-5-4-11-22(20)23)27-13-14-31-17-19-9-6-8-18-7-2-3-10-21(18)19;/h2-12,20H,13-17H2,1H3,(H,29,30)(H2,26,27,28);1H. The molecule has 3 aromatic carbocycles. The molecule has 1 unspecified atom stereocenters. The molecule has 7 heteroatoms. The van der Waals surface area contributed by atoms with Crippen LogP contribution in [0.15, 0.2) is 71.7 Å². The molecule has 5 nitrogen and oxygen atoms in total. The zero-order valence-corrected chi connectivity index (χ0v) is 21.3. The Labute approximate surface area is 210 Å². The quantitative estimate of drug-likeness (QED) is 0.165. The predicted molar refractivity (Wildman–Crippen MR) is 147 cm³/mol. The number of aliphatic imine (C=N–C) groups is 1. The molecule has 0 fully saturated rings. The fraction of sp³-hybridized carbons (Fsp3) is 0.280. The molecule has 1 atom stereocenters. The Morgan fingerprint density at radius 2 is 1.84 bits per heavy atom. The summed E-state index contributed by atoms with van der Waals surface area (Å²) in [5, 5.41) is 12.3. The van der Waals surface area contributed by atoms with Crippen molar-refractivity contribution in [3.05, 3.63) is 77.9 Å². The number of nitrogens with one attached hydrogen (secondary N) is 3. The van der Waals surface area contributed by atoms with Crippen LogP contribution in [0.2, 0.25) is 0 Å². The third-order valence-corrected chi connectivity index (χ3v) is 6.53. The van der Waals surface area contributed by atoms with Gasteiger partial charge in [-0.15, -0.1) is 24.0 Å². The maximum Gasteiger partial charge on any atom is 0.225 e. The molecule has 0 saturated carbocycles. The number of hydrogen-bond acceptors (Lipinski definition) is 3. The summed E-state index contributed by atoms with van der Waals surface area (Å²) in [7, 11) is 1.78. The molecule has 1 heterocycles. The van der Waals surface area contributed by atoms with Crippen molar-refractivity contribution in [2.24, 2.45) is 4.99 Å². The van der Waals surface area contributed by atoms with Crippen molar-refractivity contribution >= 4 is 64.1 Å². The van der Waals surface area contributed by atoms with E-state index in [4.69, 9.17) is 0 Å². The highest BCUT2D eigenvalue weighted by Gasteiger charge is 2.24. The van der Waals surface area contributed by atoms with E-state index < -0.39 is 0 Å². The van der Waals surface area contributed by atoms with Crippen molar-refractivity contribution in [3.8, 4) is 0 Å². The maximum atomic E-state index is 12.0. The van der Waals surface area contributed by atoms with Gasteiger partial charge >= 0.3 is 0 Å². The van der Waals surface area contributed by atoms with E-state index in [-0.39, 0.29) is 35.8 Å². The highest BCUT2D eigenvalue weighted by atomic mass is 127. The molecule has 0 radical (unpaired) electrons. The number of thioether (sulfide) groups is 1. The lowest BCUT2D eigenvalue weighted by molar-refractivity contribution is -0.116. The minimum absolute atomic E-state index is 0. The van der Waals surface area contributed by atoms with Crippen molar-refractivity contribution < 1.29 is 4.79 Å². The first-order valence-corrected chi connectivity index (χ1v) is 11.8. The smallest absolute Gasteiger partial charge is 0.225 e. The maximum absolute atomic E-state index is 12.0. The first kappa shape index (κ1) is 24.4. The summed E-state index contributed by atoms with van der Waals surface area (Å²) in [5.74, 6) is 2.96. The van der Waals surface area contributed by atoms with Gasteiger partial charge in [-0.2, -0.15) is 11.8 Å². The molecule has 4 rings (SSSR count). The van der Waals surface area contributed by atoms with Gasteiger partial charge in [-0.25, -0.2) is 0 Å². The first-order valence-electron chi connectivity index (χ1n) is 10.6. The van der Waals surface area contributed by atoms with Crippen LogP contribution in [0.4, 0.5) is 5.69 Å². The lowest BCUT2D eigenvalue weighted by Crippen LogP contribution is -2.41. The lowest BCUT2D eigenvalue weighted by atomic mass is 9.90. The topological polar surface area (TPSA) is 65.5 Å². The number of benzene rings is 3. The second-order valence-corrected chi connectivity index (χ2v) is 8.71. The zero-order chi connectivity index (χ0) is 21.5. The average Bonchev–Trinajstić information content (AvgIpc) is 2.80. The van der Waals surface area contributed by atoms with Gasteiger partial charge in [-0.3, -0.25) is 9.79 Å². The van der Waals surface area contributed by atoms with Gasteiger partial charge in [-0.05, 0) is 28.0 Å². The Morgan fingerprint density at radius 3 is 2.72 bits per heavy atom. The van der Waals surface area contributed by atoms with E-state index in [1.54, 1.807) is 7.05 Å². The number of nitrogens with zero attached hydrogens (tertiary/aromatic N) is 1. The second kappa shape index (κ2) is 12.1. The van der Waals surface area contributed by atoms with Crippen LogP contribution in [0.1, 0.15) is 23.5 Å². The molecule has 1 aliphatic heterocycles. The molecular weight excluding hydrogens is 531 g/mol. The van der Waals surface area contributed by atoms with E-state index in [0.717, 1.165) is 29.7 Å². The summed E-state index contributed by atoms with van der Waals surface area (Å²) >= 11 is 1.91. The van der Waals surface area contributed by atoms with Gasteiger partial charge in [0.2, 0.25) is 5.91 Å².